The van der Waals surface area contributed by atoms with Crippen LogP contribution in [0.25, 0.3) is 0 Å². The van der Waals surface area contributed by atoms with Crippen LogP contribution in [0.2, 0.25) is 0 Å². The van der Waals surface area contributed by atoms with Gasteiger partial charge in [-0.1, -0.05) is 19.9 Å². The van der Waals surface area contributed by atoms with Crippen LogP contribution in [0.5, 0.6) is 0 Å². The Hall–Kier alpha value is -1.58. The van der Waals surface area contributed by atoms with Gasteiger partial charge >= 0.3 is 5.97 Å². The molecule has 3 unspecified atom stereocenters. The Morgan fingerprint density at radius 1 is 1.48 bits per heavy atom. The minimum absolute atomic E-state index is 0.142. The van der Waals surface area contributed by atoms with Gasteiger partial charge < -0.3 is 10.1 Å². The standard InChI is InChI=1S/C17H24FNO2/c1-4-21-16(20)17(9-8-12(2)10-13(17)3)19-15-7-5-6-14(18)11-15/h5-7,11-13,19H,4,8-10H2,1-3H3. The van der Waals surface area contributed by atoms with Gasteiger partial charge in [0, 0.05) is 5.69 Å². The number of benzene rings is 1. The lowest BCUT2D eigenvalue weighted by Gasteiger charge is -2.43. The lowest BCUT2D eigenvalue weighted by atomic mass is 9.69. The summed E-state index contributed by atoms with van der Waals surface area (Å²) in [6, 6.07) is 6.25. The molecule has 1 aliphatic carbocycles. The van der Waals surface area contributed by atoms with Crippen LogP contribution in [0.1, 0.15) is 40.0 Å². The van der Waals surface area contributed by atoms with Crippen molar-refractivity contribution in [3.05, 3.63) is 30.1 Å². The predicted octanol–water partition coefficient (Wildman–Crippen LogP) is 4.00. The van der Waals surface area contributed by atoms with Crippen molar-refractivity contribution in [2.45, 2.75) is 45.6 Å². The lowest BCUT2D eigenvalue weighted by Crippen LogP contribution is -2.55. The lowest BCUT2D eigenvalue weighted by molar-refractivity contribution is -0.152. The van der Waals surface area contributed by atoms with E-state index < -0.39 is 5.54 Å². The molecule has 3 atom stereocenters. The second kappa shape index (κ2) is 6.46. The number of carbonyl (C=O) groups excluding carboxylic acids is 1. The quantitative estimate of drug-likeness (QED) is 0.853. The van der Waals surface area contributed by atoms with Crippen LogP contribution < -0.4 is 5.32 Å². The van der Waals surface area contributed by atoms with Crippen LogP contribution in [0.15, 0.2) is 24.3 Å². The first-order valence-electron chi connectivity index (χ1n) is 7.69. The van der Waals surface area contributed by atoms with Crippen molar-refractivity contribution in [1.29, 1.82) is 0 Å². The fraction of sp³-hybridized carbons (Fsp3) is 0.588. The number of anilines is 1. The van der Waals surface area contributed by atoms with Gasteiger partial charge in [0.1, 0.15) is 11.4 Å². The molecular formula is C17H24FNO2. The van der Waals surface area contributed by atoms with Crippen LogP contribution >= 0.6 is 0 Å². The molecule has 1 fully saturated rings. The number of hydrogen-bond donors (Lipinski definition) is 1. The van der Waals surface area contributed by atoms with E-state index >= 15 is 0 Å². The van der Waals surface area contributed by atoms with Crippen molar-refractivity contribution in [3.8, 4) is 0 Å². The fourth-order valence-electron chi connectivity index (χ4n) is 3.27. The Morgan fingerprint density at radius 2 is 2.24 bits per heavy atom. The Labute approximate surface area is 125 Å². The number of rotatable bonds is 4. The third-order valence-electron chi connectivity index (χ3n) is 4.46. The van der Waals surface area contributed by atoms with E-state index in [0.29, 0.717) is 24.6 Å². The van der Waals surface area contributed by atoms with Gasteiger partial charge in [0.05, 0.1) is 6.61 Å². The molecule has 0 amide bonds. The smallest absolute Gasteiger partial charge is 0.332 e. The summed E-state index contributed by atoms with van der Waals surface area (Å²) < 4.78 is 18.7. The summed E-state index contributed by atoms with van der Waals surface area (Å²) in [6.07, 6.45) is 2.64. The molecule has 0 heterocycles. The van der Waals surface area contributed by atoms with Crippen LogP contribution in [-0.2, 0) is 9.53 Å². The molecule has 0 spiro atoms. The summed E-state index contributed by atoms with van der Waals surface area (Å²) in [7, 11) is 0. The molecule has 21 heavy (non-hydrogen) atoms. The van der Waals surface area contributed by atoms with E-state index in [0.717, 1.165) is 12.8 Å². The maximum Gasteiger partial charge on any atom is 0.332 e. The highest BCUT2D eigenvalue weighted by molar-refractivity contribution is 5.85. The number of esters is 1. The largest absolute Gasteiger partial charge is 0.464 e. The number of carbonyl (C=O) groups is 1. The zero-order valence-electron chi connectivity index (χ0n) is 13.0. The summed E-state index contributed by atoms with van der Waals surface area (Å²) in [5, 5.41) is 3.28. The van der Waals surface area contributed by atoms with Gasteiger partial charge in [0.2, 0.25) is 0 Å². The van der Waals surface area contributed by atoms with Crippen molar-refractivity contribution >= 4 is 11.7 Å². The molecular weight excluding hydrogens is 269 g/mol. The Bertz CT molecular complexity index is 505. The summed E-state index contributed by atoms with van der Waals surface area (Å²) in [5.74, 6) is 0.199. The molecule has 1 aromatic rings. The molecule has 0 bridgehead atoms. The third-order valence-corrected chi connectivity index (χ3v) is 4.46. The van der Waals surface area contributed by atoms with Gasteiger partial charge in [-0.3, -0.25) is 0 Å². The van der Waals surface area contributed by atoms with E-state index in [4.69, 9.17) is 4.74 Å². The zero-order valence-corrected chi connectivity index (χ0v) is 13.0. The molecule has 1 aliphatic rings. The monoisotopic (exact) mass is 293 g/mol. The van der Waals surface area contributed by atoms with Gasteiger partial charge in [-0.2, -0.15) is 0 Å². The van der Waals surface area contributed by atoms with Gasteiger partial charge in [-0.15, -0.1) is 0 Å². The molecule has 1 saturated carbocycles. The zero-order chi connectivity index (χ0) is 15.5. The number of nitrogens with one attached hydrogen (secondary N) is 1. The second-order valence-electron chi connectivity index (χ2n) is 6.11. The summed E-state index contributed by atoms with van der Waals surface area (Å²) in [6.45, 7) is 6.43. The van der Waals surface area contributed by atoms with Gasteiger partial charge in [0.25, 0.3) is 0 Å². The van der Waals surface area contributed by atoms with Crippen molar-refractivity contribution < 1.29 is 13.9 Å². The summed E-state index contributed by atoms with van der Waals surface area (Å²) in [5.41, 5.74) is -0.125. The van der Waals surface area contributed by atoms with Crippen LogP contribution in [0.3, 0.4) is 0 Å². The predicted molar refractivity (Wildman–Crippen MR) is 81.6 cm³/mol. The van der Waals surface area contributed by atoms with E-state index in [2.05, 4.69) is 19.2 Å². The van der Waals surface area contributed by atoms with Crippen molar-refractivity contribution in [2.24, 2.45) is 11.8 Å². The minimum atomic E-state index is -0.754. The van der Waals surface area contributed by atoms with Crippen LogP contribution in [-0.4, -0.2) is 18.1 Å². The Balaban J connectivity index is 2.30. The maximum atomic E-state index is 13.4. The van der Waals surface area contributed by atoms with Crippen molar-refractivity contribution in [1.82, 2.24) is 0 Å². The first kappa shape index (κ1) is 15.8. The highest BCUT2D eigenvalue weighted by atomic mass is 19.1. The molecule has 1 N–H and O–H groups in total. The first-order valence-corrected chi connectivity index (χ1v) is 7.69. The van der Waals surface area contributed by atoms with E-state index in [9.17, 15) is 9.18 Å². The molecule has 2 rings (SSSR count). The fourth-order valence-corrected chi connectivity index (χ4v) is 3.27. The van der Waals surface area contributed by atoms with E-state index in [1.54, 1.807) is 12.1 Å². The molecule has 3 nitrogen and oxygen atoms in total. The van der Waals surface area contributed by atoms with E-state index in [-0.39, 0.29) is 17.7 Å². The molecule has 1 aromatic carbocycles. The molecule has 0 radical (unpaired) electrons. The van der Waals surface area contributed by atoms with Crippen LogP contribution in [0.4, 0.5) is 10.1 Å². The van der Waals surface area contributed by atoms with Crippen LogP contribution in [0, 0.1) is 17.7 Å². The Morgan fingerprint density at radius 3 is 2.86 bits per heavy atom. The summed E-state index contributed by atoms with van der Waals surface area (Å²) in [4.78, 5) is 12.5. The Kier molecular flexibility index (Phi) is 4.86. The SMILES string of the molecule is CCOC(=O)C1(Nc2cccc(F)c2)CCC(C)CC1C. The highest BCUT2D eigenvalue weighted by Crippen LogP contribution is 2.40. The normalized spacial score (nSPS) is 29.0. The van der Waals surface area contributed by atoms with Crippen molar-refractivity contribution in [3.63, 3.8) is 0 Å². The minimum Gasteiger partial charge on any atom is -0.464 e. The first-order chi connectivity index (χ1) is 9.98. The van der Waals surface area contributed by atoms with Gasteiger partial charge in [-0.05, 0) is 56.2 Å². The number of halogens is 1. The number of ether oxygens (including phenoxy) is 1. The molecule has 0 aliphatic heterocycles. The average molecular weight is 293 g/mol. The molecule has 0 saturated heterocycles. The average Bonchev–Trinajstić information content (AvgIpc) is 2.42. The molecule has 4 heteroatoms. The topological polar surface area (TPSA) is 38.3 Å². The van der Waals surface area contributed by atoms with E-state index in [1.807, 2.05) is 6.92 Å². The molecule has 0 aromatic heterocycles. The summed E-state index contributed by atoms with van der Waals surface area (Å²) >= 11 is 0. The third kappa shape index (κ3) is 3.36. The van der Waals surface area contributed by atoms with E-state index in [1.165, 1.54) is 12.1 Å². The van der Waals surface area contributed by atoms with Crippen molar-refractivity contribution in [2.75, 3.05) is 11.9 Å². The van der Waals surface area contributed by atoms with Gasteiger partial charge in [0.15, 0.2) is 0 Å². The molecule has 116 valence electrons. The maximum absolute atomic E-state index is 13.4. The second-order valence-corrected chi connectivity index (χ2v) is 6.11. The number of hydrogen-bond acceptors (Lipinski definition) is 3. The highest BCUT2D eigenvalue weighted by Gasteiger charge is 2.47. The van der Waals surface area contributed by atoms with Gasteiger partial charge in [-0.25, -0.2) is 9.18 Å².